The standard InChI is InChI=1S/C14H22N2O4/c1-14(2,3)20-13(19)15-5-4-10(7-15)8-16-9-11(17)6-12(16)18/h10H,4-9H2,1-3H3. The van der Waals surface area contributed by atoms with Gasteiger partial charge in [0, 0.05) is 19.6 Å². The van der Waals surface area contributed by atoms with Crippen LogP contribution in [0.1, 0.15) is 33.6 Å². The average molecular weight is 282 g/mol. The highest BCUT2D eigenvalue weighted by Crippen LogP contribution is 2.21. The lowest BCUT2D eigenvalue weighted by molar-refractivity contribution is -0.128. The second kappa shape index (κ2) is 5.42. The summed E-state index contributed by atoms with van der Waals surface area (Å²) < 4.78 is 5.33. The molecule has 6 nitrogen and oxygen atoms in total. The Kier molecular flexibility index (Phi) is 4.01. The molecule has 1 atom stereocenters. The third-order valence-corrected chi connectivity index (χ3v) is 3.48. The first kappa shape index (κ1) is 14.8. The van der Waals surface area contributed by atoms with E-state index in [2.05, 4.69) is 0 Å². The van der Waals surface area contributed by atoms with Crippen molar-refractivity contribution in [1.82, 2.24) is 9.80 Å². The highest BCUT2D eigenvalue weighted by Gasteiger charge is 2.34. The summed E-state index contributed by atoms with van der Waals surface area (Å²) in [6, 6.07) is 0. The summed E-state index contributed by atoms with van der Waals surface area (Å²) in [5.41, 5.74) is -0.494. The van der Waals surface area contributed by atoms with E-state index in [1.165, 1.54) is 0 Å². The second-order valence-corrected chi connectivity index (χ2v) is 6.57. The number of hydrogen-bond donors (Lipinski definition) is 0. The Hall–Kier alpha value is -1.59. The Morgan fingerprint density at radius 3 is 2.60 bits per heavy atom. The maximum atomic E-state index is 11.9. The predicted octanol–water partition coefficient (Wildman–Crippen LogP) is 1.04. The fraction of sp³-hybridized carbons (Fsp3) is 0.786. The number of carbonyl (C=O) groups is 3. The van der Waals surface area contributed by atoms with Gasteiger partial charge in [-0.2, -0.15) is 0 Å². The molecular weight excluding hydrogens is 260 g/mol. The molecule has 2 aliphatic rings. The van der Waals surface area contributed by atoms with E-state index in [0.29, 0.717) is 19.6 Å². The van der Waals surface area contributed by atoms with E-state index in [4.69, 9.17) is 4.74 Å². The molecule has 0 aromatic heterocycles. The minimum atomic E-state index is -0.494. The van der Waals surface area contributed by atoms with Crippen LogP contribution < -0.4 is 0 Å². The highest BCUT2D eigenvalue weighted by atomic mass is 16.6. The molecule has 0 aliphatic carbocycles. The Morgan fingerprint density at radius 2 is 2.05 bits per heavy atom. The molecule has 1 unspecified atom stereocenters. The molecular formula is C14H22N2O4. The third kappa shape index (κ3) is 3.71. The molecule has 6 heteroatoms. The van der Waals surface area contributed by atoms with Crippen molar-refractivity contribution in [3.63, 3.8) is 0 Å². The molecule has 20 heavy (non-hydrogen) atoms. The molecule has 0 radical (unpaired) electrons. The van der Waals surface area contributed by atoms with Crippen LogP contribution in [0.25, 0.3) is 0 Å². The Balaban J connectivity index is 1.82. The number of amides is 2. The van der Waals surface area contributed by atoms with Gasteiger partial charge in [0.05, 0.1) is 13.0 Å². The minimum Gasteiger partial charge on any atom is -0.444 e. The van der Waals surface area contributed by atoms with Gasteiger partial charge in [0.1, 0.15) is 5.60 Å². The van der Waals surface area contributed by atoms with Gasteiger partial charge in [0.2, 0.25) is 5.91 Å². The lowest BCUT2D eigenvalue weighted by atomic mass is 10.1. The molecule has 2 saturated heterocycles. The monoisotopic (exact) mass is 282 g/mol. The van der Waals surface area contributed by atoms with Gasteiger partial charge in [-0.15, -0.1) is 0 Å². The molecule has 112 valence electrons. The van der Waals surface area contributed by atoms with Crippen LogP contribution in [0.4, 0.5) is 4.79 Å². The number of carbonyl (C=O) groups excluding carboxylic acids is 3. The summed E-state index contributed by atoms with van der Waals surface area (Å²) >= 11 is 0. The number of ether oxygens (including phenoxy) is 1. The summed E-state index contributed by atoms with van der Waals surface area (Å²) in [5.74, 6) is 0.125. The summed E-state index contributed by atoms with van der Waals surface area (Å²) in [6.45, 7) is 7.54. The quantitative estimate of drug-likeness (QED) is 0.710. The van der Waals surface area contributed by atoms with Crippen molar-refractivity contribution in [1.29, 1.82) is 0 Å². The van der Waals surface area contributed by atoms with Gasteiger partial charge in [-0.25, -0.2) is 4.79 Å². The van der Waals surface area contributed by atoms with Gasteiger partial charge in [-0.3, -0.25) is 9.59 Å². The second-order valence-electron chi connectivity index (χ2n) is 6.57. The maximum absolute atomic E-state index is 11.9. The molecule has 2 rings (SSSR count). The fourth-order valence-electron chi connectivity index (χ4n) is 2.59. The first-order valence-corrected chi connectivity index (χ1v) is 7.02. The smallest absolute Gasteiger partial charge is 0.410 e. The predicted molar refractivity (Wildman–Crippen MR) is 72.1 cm³/mol. The molecule has 2 heterocycles. The van der Waals surface area contributed by atoms with Gasteiger partial charge in [-0.05, 0) is 33.1 Å². The zero-order valence-electron chi connectivity index (χ0n) is 12.3. The first-order valence-electron chi connectivity index (χ1n) is 7.02. The molecule has 0 bridgehead atoms. The highest BCUT2D eigenvalue weighted by molar-refractivity contribution is 6.05. The van der Waals surface area contributed by atoms with Crippen LogP contribution in [0.15, 0.2) is 0 Å². The summed E-state index contributed by atoms with van der Waals surface area (Å²) in [5, 5.41) is 0. The zero-order valence-corrected chi connectivity index (χ0v) is 12.3. The van der Waals surface area contributed by atoms with Gasteiger partial charge in [-0.1, -0.05) is 0 Å². The lowest BCUT2D eigenvalue weighted by Gasteiger charge is -2.25. The van der Waals surface area contributed by atoms with E-state index in [-0.39, 0.29) is 36.7 Å². The summed E-state index contributed by atoms with van der Waals surface area (Å²) in [6.07, 6.45) is 0.573. The zero-order chi connectivity index (χ0) is 14.9. The van der Waals surface area contributed by atoms with Crippen LogP contribution in [0.5, 0.6) is 0 Å². The molecule has 2 amide bonds. The molecule has 0 saturated carbocycles. The van der Waals surface area contributed by atoms with E-state index >= 15 is 0 Å². The summed E-state index contributed by atoms with van der Waals surface area (Å²) in [4.78, 5) is 38.0. The van der Waals surface area contributed by atoms with Crippen molar-refractivity contribution in [2.75, 3.05) is 26.2 Å². The van der Waals surface area contributed by atoms with Crippen LogP contribution in [0.3, 0.4) is 0 Å². The average Bonchev–Trinajstić information content (AvgIpc) is 2.85. The Labute approximate surface area is 119 Å². The fourth-order valence-corrected chi connectivity index (χ4v) is 2.59. The van der Waals surface area contributed by atoms with Gasteiger partial charge in [0.25, 0.3) is 0 Å². The van der Waals surface area contributed by atoms with Crippen LogP contribution in [0.2, 0.25) is 0 Å². The van der Waals surface area contributed by atoms with Crippen molar-refractivity contribution >= 4 is 17.8 Å². The van der Waals surface area contributed by atoms with E-state index in [1.54, 1.807) is 9.80 Å². The van der Waals surface area contributed by atoms with Gasteiger partial charge in [0.15, 0.2) is 5.78 Å². The third-order valence-electron chi connectivity index (χ3n) is 3.48. The van der Waals surface area contributed by atoms with E-state index in [1.807, 2.05) is 20.8 Å². The Bertz CT molecular complexity index is 427. The number of rotatable bonds is 2. The van der Waals surface area contributed by atoms with Crippen molar-refractivity contribution in [2.24, 2.45) is 5.92 Å². The molecule has 0 spiro atoms. The van der Waals surface area contributed by atoms with Gasteiger partial charge >= 0.3 is 6.09 Å². The van der Waals surface area contributed by atoms with Crippen LogP contribution in [0, 0.1) is 5.92 Å². The number of ketones is 1. The number of Topliss-reactive ketones (excluding diaryl/α,β-unsaturated/α-hetero) is 1. The van der Waals surface area contributed by atoms with Crippen molar-refractivity contribution in [2.45, 2.75) is 39.2 Å². The molecule has 0 N–H and O–H groups in total. The lowest BCUT2D eigenvalue weighted by Crippen LogP contribution is -2.37. The largest absolute Gasteiger partial charge is 0.444 e. The SMILES string of the molecule is CC(C)(C)OC(=O)N1CCC(CN2CC(=O)CC2=O)C1. The van der Waals surface area contributed by atoms with Crippen molar-refractivity contribution in [3.8, 4) is 0 Å². The van der Waals surface area contributed by atoms with Crippen LogP contribution in [-0.2, 0) is 14.3 Å². The topological polar surface area (TPSA) is 66.9 Å². The number of likely N-dealkylation sites (tertiary alicyclic amines) is 2. The van der Waals surface area contributed by atoms with Crippen molar-refractivity contribution in [3.05, 3.63) is 0 Å². The normalized spacial score (nSPS) is 23.6. The minimum absolute atomic E-state index is 0.0167. The number of hydrogen-bond acceptors (Lipinski definition) is 4. The van der Waals surface area contributed by atoms with E-state index in [0.717, 1.165) is 6.42 Å². The van der Waals surface area contributed by atoms with E-state index in [9.17, 15) is 14.4 Å². The Morgan fingerprint density at radius 1 is 1.35 bits per heavy atom. The molecule has 0 aromatic carbocycles. The van der Waals surface area contributed by atoms with E-state index < -0.39 is 5.60 Å². The van der Waals surface area contributed by atoms with Gasteiger partial charge < -0.3 is 14.5 Å². The number of nitrogens with zero attached hydrogens (tertiary/aromatic N) is 2. The first-order chi connectivity index (χ1) is 9.24. The molecule has 2 fully saturated rings. The maximum Gasteiger partial charge on any atom is 0.410 e. The summed E-state index contributed by atoms with van der Waals surface area (Å²) in [7, 11) is 0. The van der Waals surface area contributed by atoms with Crippen LogP contribution >= 0.6 is 0 Å². The van der Waals surface area contributed by atoms with Crippen molar-refractivity contribution < 1.29 is 19.1 Å². The molecule has 2 aliphatic heterocycles. The van der Waals surface area contributed by atoms with Crippen LogP contribution in [-0.4, -0.2) is 59.4 Å². The molecule has 0 aromatic rings.